The van der Waals surface area contributed by atoms with Crippen molar-refractivity contribution in [2.24, 2.45) is 5.92 Å². The first-order valence-corrected chi connectivity index (χ1v) is 8.15. The van der Waals surface area contributed by atoms with Crippen LogP contribution in [0, 0.1) is 5.92 Å². The van der Waals surface area contributed by atoms with Crippen LogP contribution in [0.3, 0.4) is 0 Å². The van der Waals surface area contributed by atoms with Crippen molar-refractivity contribution >= 4 is 27.6 Å². The fourth-order valence-electron chi connectivity index (χ4n) is 1.38. The highest BCUT2D eigenvalue weighted by molar-refractivity contribution is 8.00. The molecule has 0 aliphatic rings. The lowest BCUT2D eigenvalue weighted by Crippen LogP contribution is -2.16. The summed E-state index contributed by atoms with van der Waals surface area (Å²) in [6.45, 7) is 1.61. The Bertz CT molecular complexity index is 573. The van der Waals surface area contributed by atoms with E-state index in [4.69, 9.17) is 0 Å². The molecule has 1 rings (SSSR count). The van der Waals surface area contributed by atoms with E-state index in [-0.39, 0.29) is 10.6 Å². The van der Waals surface area contributed by atoms with Crippen LogP contribution in [0.2, 0.25) is 0 Å². The summed E-state index contributed by atoms with van der Waals surface area (Å²) in [5.74, 6) is -4.14. The molecule has 1 unspecified atom stereocenters. The molecule has 0 amide bonds. The summed E-state index contributed by atoms with van der Waals surface area (Å²) in [5.41, 5.74) is 0. The van der Waals surface area contributed by atoms with Crippen molar-refractivity contribution in [2.75, 3.05) is 12.9 Å². The van der Waals surface area contributed by atoms with E-state index in [9.17, 15) is 22.0 Å². The van der Waals surface area contributed by atoms with Crippen molar-refractivity contribution in [1.29, 1.82) is 0 Å². The monoisotopic (exact) mass is 324 g/mol. The van der Waals surface area contributed by atoms with E-state index in [1.54, 1.807) is 13.0 Å². The Morgan fingerprint density at radius 3 is 2.50 bits per heavy atom. The normalized spacial score (nSPS) is 13.2. The summed E-state index contributed by atoms with van der Waals surface area (Å²) < 4.78 is 52.8. The lowest BCUT2D eigenvalue weighted by molar-refractivity contribution is -0.143. The van der Waals surface area contributed by atoms with Crippen LogP contribution in [0.5, 0.6) is 0 Å². The summed E-state index contributed by atoms with van der Waals surface area (Å²) in [5, 5.41) is 0. The van der Waals surface area contributed by atoms with E-state index in [2.05, 4.69) is 4.74 Å². The van der Waals surface area contributed by atoms with Crippen molar-refractivity contribution in [3.8, 4) is 0 Å². The van der Waals surface area contributed by atoms with Crippen LogP contribution in [-0.4, -0.2) is 33.0 Å². The second-order valence-electron chi connectivity index (χ2n) is 3.99. The van der Waals surface area contributed by atoms with Crippen LogP contribution in [0.15, 0.2) is 34.1 Å². The van der Waals surface area contributed by atoms with Gasteiger partial charge < -0.3 is 4.74 Å². The number of alkyl halides is 2. The van der Waals surface area contributed by atoms with E-state index < -0.39 is 32.4 Å². The smallest absolute Gasteiger partial charge is 0.341 e. The van der Waals surface area contributed by atoms with Gasteiger partial charge in [-0.1, -0.05) is 19.1 Å². The highest BCUT2D eigenvalue weighted by Crippen LogP contribution is 2.31. The summed E-state index contributed by atoms with van der Waals surface area (Å²) >= 11 is 1.03. The zero-order chi connectivity index (χ0) is 15.3. The van der Waals surface area contributed by atoms with E-state index in [0.717, 1.165) is 17.8 Å². The van der Waals surface area contributed by atoms with Crippen LogP contribution >= 0.6 is 11.8 Å². The molecule has 0 aliphatic carbocycles. The molecule has 8 heteroatoms. The average Bonchev–Trinajstić information content (AvgIpc) is 2.43. The third-order valence-electron chi connectivity index (χ3n) is 2.48. The molecule has 20 heavy (non-hydrogen) atoms. The number of halogens is 2. The van der Waals surface area contributed by atoms with E-state index in [1.807, 2.05) is 0 Å². The number of carbonyl (C=O) groups is 1. The number of rotatable bonds is 6. The predicted molar refractivity (Wildman–Crippen MR) is 71.5 cm³/mol. The molecule has 0 spiro atoms. The van der Waals surface area contributed by atoms with Gasteiger partial charge in [-0.2, -0.15) is 8.78 Å². The van der Waals surface area contributed by atoms with Crippen molar-refractivity contribution in [1.82, 2.24) is 0 Å². The fourth-order valence-corrected chi connectivity index (χ4v) is 3.67. The minimum Gasteiger partial charge on any atom is -0.469 e. The highest BCUT2D eigenvalue weighted by Gasteiger charge is 2.29. The average molecular weight is 324 g/mol. The molecule has 0 bridgehead atoms. The zero-order valence-electron chi connectivity index (χ0n) is 10.9. The number of sulfone groups is 1. The molecule has 112 valence electrons. The van der Waals surface area contributed by atoms with Gasteiger partial charge in [-0.3, -0.25) is 4.79 Å². The quantitative estimate of drug-likeness (QED) is 0.594. The van der Waals surface area contributed by atoms with E-state index >= 15 is 0 Å². The molecule has 0 fully saturated rings. The molecule has 0 aromatic heterocycles. The van der Waals surface area contributed by atoms with Crippen LogP contribution in [0.25, 0.3) is 0 Å². The second-order valence-corrected chi connectivity index (χ2v) is 6.94. The first-order valence-electron chi connectivity index (χ1n) is 5.62. The third-order valence-corrected chi connectivity index (χ3v) is 5.38. The van der Waals surface area contributed by atoms with E-state index in [1.165, 1.54) is 19.2 Å². The molecule has 0 saturated carbocycles. The lowest BCUT2D eigenvalue weighted by Gasteiger charge is -2.12. The number of hydrogen-bond donors (Lipinski definition) is 0. The number of thioether (sulfide) groups is 1. The summed E-state index contributed by atoms with van der Waals surface area (Å²) in [4.78, 5) is 11.0. The maximum Gasteiger partial charge on any atom is 0.341 e. The number of hydrogen-bond acceptors (Lipinski definition) is 5. The standard InChI is InChI=1S/C12H14F2O4S2/c1-8(11(15)18-2)7-19-9-5-3-4-6-10(9)20(16,17)12(13)14/h3-6,8,12H,7H2,1-2H3. The Morgan fingerprint density at radius 2 is 1.95 bits per heavy atom. The topological polar surface area (TPSA) is 60.4 Å². The molecule has 0 N–H and O–H groups in total. The number of esters is 1. The molecule has 0 heterocycles. The summed E-state index contributed by atoms with van der Waals surface area (Å²) in [6, 6.07) is 5.50. The van der Waals surface area contributed by atoms with Crippen molar-refractivity contribution < 1.29 is 26.7 Å². The maximum absolute atomic E-state index is 12.6. The fraction of sp³-hybridized carbons (Fsp3) is 0.417. The molecule has 0 saturated heterocycles. The van der Waals surface area contributed by atoms with Gasteiger partial charge in [-0.15, -0.1) is 11.8 Å². The maximum atomic E-state index is 12.6. The van der Waals surface area contributed by atoms with Crippen LogP contribution < -0.4 is 0 Å². The zero-order valence-corrected chi connectivity index (χ0v) is 12.5. The summed E-state index contributed by atoms with van der Waals surface area (Å²) in [6.07, 6.45) is 0. The Morgan fingerprint density at radius 1 is 1.35 bits per heavy atom. The molecular weight excluding hydrogens is 310 g/mol. The molecule has 0 radical (unpaired) electrons. The van der Waals surface area contributed by atoms with Gasteiger partial charge in [0.25, 0.3) is 0 Å². The Kier molecular flexibility index (Phi) is 5.94. The van der Waals surface area contributed by atoms with Crippen LogP contribution in [0.4, 0.5) is 8.78 Å². The van der Waals surface area contributed by atoms with Gasteiger partial charge in [-0.05, 0) is 12.1 Å². The first-order chi connectivity index (χ1) is 9.30. The van der Waals surface area contributed by atoms with Gasteiger partial charge in [0.15, 0.2) is 0 Å². The van der Waals surface area contributed by atoms with Crippen molar-refractivity contribution in [2.45, 2.75) is 22.5 Å². The van der Waals surface area contributed by atoms with Gasteiger partial charge >= 0.3 is 11.7 Å². The Hall–Kier alpha value is -1.15. The molecule has 1 atom stereocenters. The first kappa shape index (κ1) is 16.9. The molecular formula is C12H14F2O4S2. The van der Waals surface area contributed by atoms with Gasteiger partial charge in [0.1, 0.15) is 0 Å². The van der Waals surface area contributed by atoms with Crippen LogP contribution in [0.1, 0.15) is 6.92 Å². The van der Waals surface area contributed by atoms with E-state index in [0.29, 0.717) is 0 Å². The van der Waals surface area contributed by atoms with Crippen LogP contribution in [-0.2, 0) is 19.4 Å². The van der Waals surface area contributed by atoms with Gasteiger partial charge in [0.05, 0.1) is 17.9 Å². The Balaban J connectivity index is 2.96. The van der Waals surface area contributed by atoms with Crippen molar-refractivity contribution in [3.05, 3.63) is 24.3 Å². The number of methoxy groups -OCH3 is 1. The highest BCUT2D eigenvalue weighted by atomic mass is 32.2. The number of ether oxygens (including phenoxy) is 1. The minimum absolute atomic E-state index is 0.198. The predicted octanol–water partition coefficient (Wildman–Crippen LogP) is 2.58. The van der Waals surface area contributed by atoms with Crippen molar-refractivity contribution in [3.63, 3.8) is 0 Å². The molecule has 1 aromatic carbocycles. The second kappa shape index (κ2) is 7.03. The SMILES string of the molecule is COC(=O)C(C)CSc1ccccc1S(=O)(=O)C(F)F. The van der Waals surface area contributed by atoms with Gasteiger partial charge in [0, 0.05) is 10.6 Å². The third kappa shape index (κ3) is 3.92. The minimum atomic E-state index is -4.65. The number of benzene rings is 1. The van der Waals surface area contributed by atoms with Gasteiger partial charge in [-0.25, -0.2) is 8.42 Å². The van der Waals surface area contributed by atoms with Gasteiger partial charge in [0.2, 0.25) is 9.84 Å². The molecule has 4 nitrogen and oxygen atoms in total. The lowest BCUT2D eigenvalue weighted by atomic mass is 10.2. The Labute approximate surface area is 120 Å². The largest absolute Gasteiger partial charge is 0.469 e. The molecule has 0 aliphatic heterocycles. The number of carbonyl (C=O) groups excluding carboxylic acids is 1. The summed E-state index contributed by atoms with van der Waals surface area (Å²) in [7, 11) is -3.40. The molecule has 1 aromatic rings.